The van der Waals surface area contributed by atoms with E-state index in [1.54, 1.807) is 11.3 Å². The van der Waals surface area contributed by atoms with Crippen LogP contribution in [0, 0.1) is 13.8 Å². The molecule has 0 radical (unpaired) electrons. The monoisotopic (exact) mass is 261 g/mol. The van der Waals surface area contributed by atoms with E-state index in [9.17, 15) is 0 Å². The first-order valence-electron chi connectivity index (χ1n) is 6.15. The summed E-state index contributed by atoms with van der Waals surface area (Å²) < 4.78 is 0. The van der Waals surface area contributed by atoms with Gasteiger partial charge < -0.3 is 5.32 Å². The molecule has 0 atom stereocenters. The Morgan fingerprint density at radius 1 is 1.22 bits per heavy atom. The highest BCUT2D eigenvalue weighted by molar-refractivity contribution is 7.10. The van der Waals surface area contributed by atoms with E-state index in [1.807, 2.05) is 7.05 Å². The van der Waals surface area contributed by atoms with E-state index < -0.39 is 0 Å². The zero-order valence-electron chi connectivity index (χ0n) is 11.5. The second-order valence-electron chi connectivity index (χ2n) is 4.70. The highest BCUT2D eigenvalue weighted by Gasteiger charge is 2.15. The smallest absolute Gasteiger partial charge is 0.133 e. The molecule has 2 aromatic rings. The number of rotatable bonds is 3. The fourth-order valence-corrected chi connectivity index (χ4v) is 2.63. The number of nitrogens with one attached hydrogen (secondary N) is 1. The maximum absolute atomic E-state index is 4.74. The largest absolute Gasteiger partial charge is 0.373 e. The van der Waals surface area contributed by atoms with Crippen LogP contribution in [-0.2, 0) is 0 Å². The quantitative estimate of drug-likeness (QED) is 0.908. The van der Waals surface area contributed by atoms with Crippen LogP contribution in [-0.4, -0.2) is 17.0 Å². The fraction of sp³-hybridized carbons (Fsp3) is 0.429. The van der Waals surface area contributed by atoms with Crippen LogP contribution in [0.15, 0.2) is 11.4 Å². The van der Waals surface area contributed by atoms with Crippen LogP contribution >= 0.6 is 11.3 Å². The fourth-order valence-electron chi connectivity index (χ4n) is 1.93. The molecular formula is C14H19N3S. The van der Waals surface area contributed by atoms with Gasteiger partial charge in [0.1, 0.15) is 11.6 Å². The number of hydrogen-bond donors (Lipinski definition) is 1. The van der Waals surface area contributed by atoms with E-state index in [0.717, 1.165) is 22.9 Å². The molecule has 0 aliphatic carbocycles. The molecule has 18 heavy (non-hydrogen) atoms. The topological polar surface area (TPSA) is 37.8 Å². The lowest BCUT2D eigenvalue weighted by molar-refractivity contribution is 0.775. The van der Waals surface area contributed by atoms with Crippen LogP contribution in [0.4, 0.5) is 5.82 Å². The van der Waals surface area contributed by atoms with Crippen LogP contribution in [0.5, 0.6) is 0 Å². The molecule has 0 bridgehead atoms. The summed E-state index contributed by atoms with van der Waals surface area (Å²) in [7, 11) is 1.91. The van der Waals surface area contributed by atoms with Gasteiger partial charge in [0.15, 0.2) is 0 Å². The van der Waals surface area contributed by atoms with Crippen molar-refractivity contribution in [1.82, 2.24) is 9.97 Å². The van der Waals surface area contributed by atoms with Gasteiger partial charge in [0.25, 0.3) is 0 Å². The maximum atomic E-state index is 4.74. The third-order valence-electron chi connectivity index (χ3n) is 3.03. The first kappa shape index (κ1) is 13.0. The highest BCUT2D eigenvalue weighted by Crippen LogP contribution is 2.31. The molecular weight excluding hydrogens is 242 g/mol. The molecule has 4 heteroatoms. The molecule has 0 aromatic carbocycles. The summed E-state index contributed by atoms with van der Waals surface area (Å²) >= 11 is 1.75. The third kappa shape index (κ3) is 2.25. The summed E-state index contributed by atoms with van der Waals surface area (Å²) in [6.07, 6.45) is 0. The van der Waals surface area contributed by atoms with Crippen molar-refractivity contribution >= 4 is 17.2 Å². The SMILES string of the molecule is CNc1nc(C(C)C)nc(-c2ccsc2C)c1C. The molecule has 96 valence electrons. The van der Waals surface area contributed by atoms with Crippen molar-refractivity contribution in [3.05, 3.63) is 27.7 Å². The Morgan fingerprint density at radius 2 is 1.94 bits per heavy atom. The zero-order valence-corrected chi connectivity index (χ0v) is 12.4. The Hall–Kier alpha value is -1.42. The number of nitrogens with zero attached hydrogens (tertiary/aromatic N) is 2. The van der Waals surface area contributed by atoms with Crippen molar-refractivity contribution in [1.29, 1.82) is 0 Å². The van der Waals surface area contributed by atoms with Crippen molar-refractivity contribution in [2.45, 2.75) is 33.6 Å². The van der Waals surface area contributed by atoms with Gasteiger partial charge in [-0.05, 0) is 25.3 Å². The lowest BCUT2D eigenvalue weighted by atomic mass is 10.1. The van der Waals surface area contributed by atoms with Gasteiger partial charge in [-0.1, -0.05) is 13.8 Å². The van der Waals surface area contributed by atoms with Crippen molar-refractivity contribution in [3.8, 4) is 11.3 Å². The number of hydrogen-bond acceptors (Lipinski definition) is 4. The van der Waals surface area contributed by atoms with Gasteiger partial charge in [-0.25, -0.2) is 9.97 Å². The Morgan fingerprint density at radius 3 is 2.44 bits per heavy atom. The second kappa shape index (κ2) is 5.06. The van der Waals surface area contributed by atoms with Gasteiger partial charge in [0.2, 0.25) is 0 Å². The minimum Gasteiger partial charge on any atom is -0.373 e. The van der Waals surface area contributed by atoms with Crippen LogP contribution < -0.4 is 5.32 Å². The molecule has 0 spiro atoms. The number of aryl methyl sites for hydroxylation is 1. The van der Waals surface area contributed by atoms with E-state index in [4.69, 9.17) is 4.98 Å². The van der Waals surface area contributed by atoms with Crippen LogP contribution in [0.1, 0.15) is 36.0 Å². The molecule has 0 aliphatic rings. The molecule has 0 fully saturated rings. The standard InChI is InChI=1S/C14H19N3S/c1-8(2)13-16-12(9(3)14(15-5)17-13)11-6-7-18-10(11)4/h6-8H,1-5H3,(H,15,16,17). The first-order chi connectivity index (χ1) is 8.54. The number of thiophene rings is 1. The lowest BCUT2D eigenvalue weighted by Crippen LogP contribution is -2.06. The third-order valence-corrected chi connectivity index (χ3v) is 3.88. The van der Waals surface area contributed by atoms with Gasteiger partial charge in [0.05, 0.1) is 5.69 Å². The predicted octanol–water partition coefficient (Wildman–Crippen LogP) is 3.99. The van der Waals surface area contributed by atoms with Crippen molar-refractivity contribution in [2.75, 3.05) is 12.4 Å². The Kier molecular flexibility index (Phi) is 3.66. The van der Waals surface area contributed by atoms with Crippen molar-refractivity contribution < 1.29 is 0 Å². The minimum absolute atomic E-state index is 0.329. The molecule has 1 N–H and O–H groups in total. The molecule has 3 nitrogen and oxygen atoms in total. The van der Waals surface area contributed by atoms with E-state index in [2.05, 4.69) is 49.4 Å². The minimum atomic E-state index is 0.329. The Balaban J connectivity index is 2.66. The Bertz CT molecular complexity index is 558. The number of aromatic nitrogens is 2. The normalized spacial score (nSPS) is 11.0. The summed E-state index contributed by atoms with van der Waals surface area (Å²) in [6.45, 7) is 8.45. The zero-order chi connectivity index (χ0) is 13.3. The maximum Gasteiger partial charge on any atom is 0.133 e. The van der Waals surface area contributed by atoms with Gasteiger partial charge >= 0.3 is 0 Å². The molecule has 2 aromatic heterocycles. The van der Waals surface area contributed by atoms with Crippen molar-refractivity contribution in [2.24, 2.45) is 0 Å². The summed E-state index contributed by atoms with van der Waals surface area (Å²) in [5.74, 6) is 2.15. The van der Waals surface area contributed by atoms with Crippen LogP contribution in [0.2, 0.25) is 0 Å². The molecule has 2 heterocycles. The molecule has 0 amide bonds. The summed E-state index contributed by atoms with van der Waals surface area (Å²) in [4.78, 5) is 10.6. The molecule has 0 unspecified atom stereocenters. The molecule has 0 saturated carbocycles. The van der Waals surface area contributed by atoms with E-state index in [-0.39, 0.29) is 0 Å². The van der Waals surface area contributed by atoms with Gasteiger partial charge in [-0.15, -0.1) is 11.3 Å². The van der Waals surface area contributed by atoms with Gasteiger partial charge in [0, 0.05) is 29.0 Å². The highest BCUT2D eigenvalue weighted by atomic mass is 32.1. The molecule has 2 rings (SSSR count). The first-order valence-corrected chi connectivity index (χ1v) is 7.03. The Labute approximate surface area is 112 Å². The second-order valence-corrected chi connectivity index (χ2v) is 5.82. The lowest BCUT2D eigenvalue weighted by Gasteiger charge is -2.13. The van der Waals surface area contributed by atoms with Crippen LogP contribution in [0.25, 0.3) is 11.3 Å². The molecule has 0 aliphatic heterocycles. The predicted molar refractivity (Wildman–Crippen MR) is 78.5 cm³/mol. The van der Waals surface area contributed by atoms with E-state index in [1.165, 1.54) is 10.4 Å². The van der Waals surface area contributed by atoms with Crippen molar-refractivity contribution in [3.63, 3.8) is 0 Å². The summed E-state index contributed by atoms with van der Waals surface area (Å²) in [6, 6.07) is 2.14. The summed E-state index contributed by atoms with van der Waals surface area (Å²) in [5.41, 5.74) is 3.39. The van der Waals surface area contributed by atoms with Crippen LogP contribution in [0.3, 0.4) is 0 Å². The van der Waals surface area contributed by atoms with E-state index in [0.29, 0.717) is 5.92 Å². The van der Waals surface area contributed by atoms with E-state index >= 15 is 0 Å². The summed E-state index contributed by atoms with van der Waals surface area (Å²) in [5, 5.41) is 5.28. The number of anilines is 1. The molecule has 0 saturated heterocycles. The average Bonchev–Trinajstić information content (AvgIpc) is 2.75. The average molecular weight is 261 g/mol. The van der Waals surface area contributed by atoms with Gasteiger partial charge in [-0.2, -0.15) is 0 Å². The van der Waals surface area contributed by atoms with Gasteiger partial charge in [-0.3, -0.25) is 0 Å².